The number of benzene rings is 1. The largest absolute Gasteiger partial charge is 0.357 e. The summed E-state index contributed by atoms with van der Waals surface area (Å²) in [6.07, 6.45) is 0. The van der Waals surface area contributed by atoms with E-state index in [1.165, 1.54) is 10.4 Å². The molecule has 0 bridgehead atoms. The van der Waals surface area contributed by atoms with Crippen LogP contribution in [0.1, 0.15) is 47.8 Å². The minimum atomic E-state index is 0. The fourth-order valence-corrected chi connectivity index (χ4v) is 3.32. The molecule has 0 amide bonds. The summed E-state index contributed by atoms with van der Waals surface area (Å²) in [5.41, 5.74) is 2.44. The molecule has 2 unspecified atom stereocenters. The first kappa shape index (κ1) is 21.9. The summed E-state index contributed by atoms with van der Waals surface area (Å²) < 4.78 is 0. The Bertz CT molecular complexity index is 650. The van der Waals surface area contributed by atoms with Crippen molar-refractivity contribution in [3.05, 3.63) is 51.5 Å². The Morgan fingerprint density at radius 2 is 1.88 bits per heavy atom. The van der Waals surface area contributed by atoms with Crippen LogP contribution in [0.15, 0.2) is 35.3 Å². The highest BCUT2D eigenvalue weighted by Crippen LogP contribution is 2.19. The monoisotopic (exact) mass is 472 g/mol. The number of aliphatic imine (C=N–C) groups is 1. The van der Waals surface area contributed by atoms with Gasteiger partial charge in [-0.15, -0.1) is 35.3 Å². The van der Waals surface area contributed by atoms with E-state index in [1.54, 1.807) is 11.3 Å². The number of hydrogen-bond donors (Lipinski definition) is 2. The SMILES string of the molecule is CCNC(=NCc1nc(C)c(C)s1)NC(C)C(C)c1ccccc1.I. The third-order valence-corrected chi connectivity index (χ3v) is 5.29. The van der Waals surface area contributed by atoms with Crippen molar-refractivity contribution in [2.75, 3.05) is 6.54 Å². The summed E-state index contributed by atoms with van der Waals surface area (Å²) in [7, 11) is 0. The van der Waals surface area contributed by atoms with Crippen LogP contribution in [0.4, 0.5) is 0 Å². The van der Waals surface area contributed by atoms with Gasteiger partial charge in [0.15, 0.2) is 5.96 Å². The van der Waals surface area contributed by atoms with Crippen LogP contribution in [0.5, 0.6) is 0 Å². The molecule has 4 nitrogen and oxygen atoms in total. The van der Waals surface area contributed by atoms with Crippen molar-refractivity contribution < 1.29 is 0 Å². The zero-order chi connectivity index (χ0) is 17.5. The molecule has 2 N–H and O–H groups in total. The van der Waals surface area contributed by atoms with Gasteiger partial charge in [0, 0.05) is 23.4 Å². The second-order valence-corrected chi connectivity index (χ2v) is 7.36. The zero-order valence-corrected chi connectivity index (χ0v) is 18.8. The van der Waals surface area contributed by atoms with Gasteiger partial charge in [-0.3, -0.25) is 0 Å². The number of halogens is 1. The molecule has 0 aliphatic heterocycles. The van der Waals surface area contributed by atoms with Gasteiger partial charge in [0.1, 0.15) is 5.01 Å². The van der Waals surface area contributed by atoms with Gasteiger partial charge in [0.05, 0.1) is 12.2 Å². The molecule has 1 heterocycles. The Morgan fingerprint density at radius 3 is 2.44 bits per heavy atom. The van der Waals surface area contributed by atoms with Crippen LogP contribution in [0, 0.1) is 13.8 Å². The molecule has 0 aliphatic carbocycles. The van der Waals surface area contributed by atoms with Crippen LogP contribution >= 0.6 is 35.3 Å². The van der Waals surface area contributed by atoms with Gasteiger partial charge in [0.2, 0.25) is 0 Å². The van der Waals surface area contributed by atoms with Gasteiger partial charge < -0.3 is 10.6 Å². The summed E-state index contributed by atoms with van der Waals surface area (Å²) >= 11 is 1.72. The van der Waals surface area contributed by atoms with Crippen molar-refractivity contribution in [1.82, 2.24) is 15.6 Å². The van der Waals surface area contributed by atoms with Crippen molar-refractivity contribution in [3.63, 3.8) is 0 Å². The van der Waals surface area contributed by atoms with Gasteiger partial charge in [-0.2, -0.15) is 0 Å². The van der Waals surface area contributed by atoms with Crippen molar-refractivity contribution in [2.24, 2.45) is 4.99 Å². The summed E-state index contributed by atoms with van der Waals surface area (Å²) in [5.74, 6) is 1.25. The van der Waals surface area contributed by atoms with E-state index in [4.69, 9.17) is 4.99 Å². The van der Waals surface area contributed by atoms with E-state index in [0.29, 0.717) is 12.5 Å². The van der Waals surface area contributed by atoms with E-state index in [0.717, 1.165) is 23.2 Å². The molecule has 0 radical (unpaired) electrons. The van der Waals surface area contributed by atoms with Gasteiger partial charge >= 0.3 is 0 Å². The topological polar surface area (TPSA) is 49.3 Å². The van der Waals surface area contributed by atoms with E-state index in [9.17, 15) is 0 Å². The van der Waals surface area contributed by atoms with Crippen LogP contribution in [0.2, 0.25) is 0 Å². The Hall–Kier alpha value is -1.15. The summed E-state index contributed by atoms with van der Waals surface area (Å²) in [5, 5.41) is 7.91. The van der Waals surface area contributed by atoms with Crippen LogP contribution in [0.25, 0.3) is 0 Å². The van der Waals surface area contributed by atoms with E-state index in [1.807, 2.05) is 6.92 Å². The molecule has 0 fully saturated rings. The standard InChI is InChI=1S/C19H28N4S.HI/c1-6-20-19(21-12-18-22-15(4)16(5)24-18)23-14(3)13(2)17-10-8-7-9-11-17;/h7-11,13-14H,6,12H2,1-5H3,(H2,20,21,23);1H. The van der Waals surface area contributed by atoms with Crippen molar-refractivity contribution in [3.8, 4) is 0 Å². The van der Waals surface area contributed by atoms with Gasteiger partial charge in [0.25, 0.3) is 0 Å². The molecule has 1 aromatic heterocycles. The number of guanidine groups is 1. The lowest BCUT2D eigenvalue weighted by molar-refractivity contribution is 0.550. The molecule has 1 aromatic carbocycles. The molecule has 0 saturated carbocycles. The normalized spacial score (nSPS) is 13.7. The number of aromatic nitrogens is 1. The molecular weight excluding hydrogens is 443 g/mol. The van der Waals surface area contributed by atoms with Crippen molar-refractivity contribution in [2.45, 2.75) is 53.1 Å². The first-order valence-electron chi connectivity index (χ1n) is 8.54. The Labute approximate surface area is 172 Å². The zero-order valence-electron chi connectivity index (χ0n) is 15.7. The minimum Gasteiger partial charge on any atom is -0.357 e. The minimum absolute atomic E-state index is 0. The lowest BCUT2D eigenvalue weighted by Crippen LogP contribution is -2.44. The van der Waals surface area contributed by atoms with E-state index in [-0.39, 0.29) is 30.0 Å². The second-order valence-electron chi connectivity index (χ2n) is 6.08. The number of aryl methyl sites for hydroxylation is 2. The third kappa shape index (κ3) is 6.58. The third-order valence-electron chi connectivity index (χ3n) is 4.23. The summed E-state index contributed by atoms with van der Waals surface area (Å²) in [6.45, 7) is 12.1. The maximum Gasteiger partial charge on any atom is 0.191 e. The summed E-state index contributed by atoms with van der Waals surface area (Å²) in [6, 6.07) is 10.9. The molecule has 138 valence electrons. The number of rotatable bonds is 6. The van der Waals surface area contributed by atoms with E-state index >= 15 is 0 Å². The average molecular weight is 472 g/mol. The Morgan fingerprint density at radius 1 is 1.20 bits per heavy atom. The molecule has 2 rings (SSSR count). The number of thiazole rings is 1. The highest BCUT2D eigenvalue weighted by molar-refractivity contribution is 14.0. The molecule has 0 aliphatic rings. The molecule has 0 spiro atoms. The first-order valence-corrected chi connectivity index (χ1v) is 9.35. The second kappa shape index (κ2) is 10.8. The van der Waals surface area contributed by atoms with Crippen LogP contribution in [-0.2, 0) is 6.54 Å². The van der Waals surface area contributed by atoms with Crippen molar-refractivity contribution in [1.29, 1.82) is 0 Å². The molecule has 2 atom stereocenters. The van der Waals surface area contributed by atoms with Crippen LogP contribution in [0.3, 0.4) is 0 Å². The average Bonchev–Trinajstić information content (AvgIpc) is 2.91. The van der Waals surface area contributed by atoms with E-state index in [2.05, 4.69) is 73.6 Å². The number of hydrogen-bond acceptors (Lipinski definition) is 3. The molecule has 2 aromatic rings. The fraction of sp³-hybridized carbons (Fsp3) is 0.474. The summed E-state index contributed by atoms with van der Waals surface area (Å²) in [4.78, 5) is 10.5. The van der Waals surface area contributed by atoms with Crippen LogP contribution in [-0.4, -0.2) is 23.5 Å². The van der Waals surface area contributed by atoms with Crippen LogP contribution < -0.4 is 10.6 Å². The van der Waals surface area contributed by atoms with E-state index < -0.39 is 0 Å². The molecule has 6 heteroatoms. The maximum atomic E-state index is 4.70. The van der Waals surface area contributed by atoms with Crippen molar-refractivity contribution >= 4 is 41.3 Å². The quantitative estimate of drug-likeness (QED) is 0.366. The Balaban J connectivity index is 0.00000312. The number of nitrogens with one attached hydrogen (secondary N) is 2. The smallest absolute Gasteiger partial charge is 0.191 e. The van der Waals surface area contributed by atoms with Gasteiger partial charge in [-0.05, 0) is 33.3 Å². The first-order chi connectivity index (χ1) is 11.5. The van der Waals surface area contributed by atoms with Gasteiger partial charge in [-0.1, -0.05) is 37.3 Å². The molecule has 0 saturated heterocycles. The highest BCUT2D eigenvalue weighted by Gasteiger charge is 2.15. The maximum absolute atomic E-state index is 4.70. The number of nitrogens with zero attached hydrogens (tertiary/aromatic N) is 2. The molecule has 25 heavy (non-hydrogen) atoms. The van der Waals surface area contributed by atoms with Gasteiger partial charge in [-0.25, -0.2) is 9.98 Å². The highest BCUT2D eigenvalue weighted by atomic mass is 127. The lowest BCUT2D eigenvalue weighted by atomic mass is 9.94. The predicted octanol–water partition coefficient (Wildman–Crippen LogP) is 4.63. The molecular formula is C19H29IN4S. The Kier molecular flexibility index (Phi) is 9.42. The lowest BCUT2D eigenvalue weighted by Gasteiger charge is -2.24. The predicted molar refractivity (Wildman–Crippen MR) is 119 cm³/mol. The fourth-order valence-electron chi connectivity index (χ4n) is 2.46.